The summed E-state index contributed by atoms with van der Waals surface area (Å²) in [5, 5.41) is 0.784. The van der Waals surface area contributed by atoms with Crippen molar-refractivity contribution in [3.63, 3.8) is 0 Å². The number of aromatic nitrogens is 3. The predicted octanol–water partition coefficient (Wildman–Crippen LogP) is 4.15. The Morgan fingerprint density at radius 2 is 2.11 bits per heavy atom. The van der Waals surface area contributed by atoms with Crippen LogP contribution in [-0.2, 0) is 11.8 Å². The Balaban J connectivity index is 2.47. The number of aryl methyl sites for hydroxylation is 1. The molecule has 0 bridgehead atoms. The van der Waals surface area contributed by atoms with Crippen LogP contribution in [0, 0.1) is 0 Å². The molecule has 0 aliphatic rings. The van der Waals surface area contributed by atoms with Gasteiger partial charge in [-0.05, 0) is 34.5 Å². The van der Waals surface area contributed by atoms with Crippen molar-refractivity contribution in [1.82, 2.24) is 15.0 Å². The molecule has 94 valence electrons. The van der Waals surface area contributed by atoms with Crippen LogP contribution in [0.4, 0.5) is 0 Å². The third-order valence-electron chi connectivity index (χ3n) is 2.56. The third-order valence-corrected chi connectivity index (χ3v) is 3.80. The lowest BCUT2D eigenvalue weighted by Gasteiger charge is -2.08. The molecule has 0 aliphatic carbocycles. The van der Waals surface area contributed by atoms with Gasteiger partial charge in [0.15, 0.2) is 5.82 Å². The maximum Gasteiger partial charge on any atom is 0.179 e. The van der Waals surface area contributed by atoms with E-state index >= 15 is 0 Å². The molecule has 0 amide bonds. The van der Waals surface area contributed by atoms with E-state index in [0.29, 0.717) is 5.82 Å². The van der Waals surface area contributed by atoms with E-state index < -0.39 is 0 Å². The van der Waals surface area contributed by atoms with Gasteiger partial charge in [-0.3, -0.25) is 4.98 Å². The minimum atomic E-state index is 0.677. The molecule has 0 aromatic carbocycles. The average molecular weight is 371 g/mol. The van der Waals surface area contributed by atoms with Crippen LogP contribution in [0.25, 0.3) is 11.5 Å². The molecule has 0 saturated heterocycles. The van der Waals surface area contributed by atoms with Crippen LogP contribution in [0.15, 0.2) is 29.0 Å². The van der Waals surface area contributed by atoms with E-state index in [4.69, 9.17) is 0 Å². The molecule has 3 nitrogen and oxygen atoms in total. The maximum absolute atomic E-state index is 4.63. The topological polar surface area (TPSA) is 38.7 Å². The van der Waals surface area contributed by atoms with E-state index in [0.717, 1.165) is 39.6 Å². The van der Waals surface area contributed by atoms with E-state index in [1.807, 2.05) is 18.3 Å². The van der Waals surface area contributed by atoms with Crippen LogP contribution in [0.1, 0.15) is 24.6 Å². The lowest BCUT2D eigenvalue weighted by molar-refractivity contribution is 0.859. The Kier molecular flexibility index (Phi) is 4.83. The zero-order chi connectivity index (χ0) is 13.0. The summed E-state index contributed by atoms with van der Waals surface area (Å²) in [4.78, 5) is 13.3. The highest BCUT2D eigenvalue weighted by atomic mass is 79.9. The summed E-state index contributed by atoms with van der Waals surface area (Å²) < 4.78 is 0.916. The number of pyridine rings is 1. The number of alkyl halides is 1. The monoisotopic (exact) mass is 369 g/mol. The standard InChI is InChI=1S/C13H13Br2N3/c1-2-4-11-9(7-14)8-17-13(18-11)12-10(15)5-3-6-16-12/h3,5-6,8H,2,4,7H2,1H3. The molecule has 2 rings (SSSR count). The second kappa shape index (κ2) is 6.38. The Morgan fingerprint density at radius 1 is 1.28 bits per heavy atom. The fraction of sp³-hybridized carbons (Fsp3) is 0.308. The number of rotatable bonds is 4. The molecule has 2 heterocycles. The van der Waals surface area contributed by atoms with Crippen molar-refractivity contribution in [1.29, 1.82) is 0 Å². The molecular formula is C13H13Br2N3. The van der Waals surface area contributed by atoms with Gasteiger partial charge < -0.3 is 0 Å². The summed E-state index contributed by atoms with van der Waals surface area (Å²) in [5.74, 6) is 0.677. The van der Waals surface area contributed by atoms with Gasteiger partial charge in [0.05, 0.1) is 0 Å². The van der Waals surface area contributed by atoms with Crippen molar-refractivity contribution in [3.05, 3.63) is 40.3 Å². The molecular weight excluding hydrogens is 358 g/mol. The van der Waals surface area contributed by atoms with E-state index in [9.17, 15) is 0 Å². The lowest BCUT2D eigenvalue weighted by Crippen LogP contribution is -2.01. The van der Waals surface area contributed by atoms with E-state index in [1.54, 1.807) is 6.20 Å². The first-order chi connectivity index (χ1) is 8.76. The number of hydrogen-bond donors (Lipinski definition) is 0. The molecule has 0 unspecified atom stereocenters. The molecule has 0 N–H and O–H groups in total. The fourth-order valence-electron chi connectivity index (χ4n) is 1.67. The Bertz CT molecular complexity index is 544. The van der Waals surface area contributed by atoms with Crippen molar-refractivity contribution in [2.24, 2.45) is 0 Å². The van der Waals surface area contributed by atoms with Crippen LogP contribution in [0.3, 0.4) is 0 Å². The first-order valence-electron chi connectivity index (χ1n) is 5.78. The summed E-state index contributed by atoms with van der Waals surface area (Å²) >= 11 is 6.95. The highest BCUT2D eigenvalue weighted by Crippen LogP contribution is 2.23. The molecule has 5 heteroatoms. The van der Waals surface area contributed by atoms with Gasteiger partial charge in [-0.2, -0.15) is 0 Å². The first kappa shape index (κ1) is 13.6. The quantitative estimate of drug-likeness (QED) is 0.759. The van der Waals surface area contributed by atoms with Gasteiger partial charge in [0.25, 0.3) is 0 Å². The van der Waals surface area contributed by atoms with Gasteiger partial charge >= 0.3 is 0 Å². The molecule has 18 heavy (non-hydrogen) atoms. The minimum Gasteiger partial charge on any atom is -0.252 e. The Labute approximate surface area is 123 Å². The molecule has 0 aliphatic heterocycles. The Morgan fingerprint density at radius 3 is 2.78 bits per heavy atom. The number of nitrogens with zero attached hydrogens (tertiary/aromatic N) is 3. The SMILES string of the molecule is CCCc1nc(-c2ncccc2Br)ncc1CBr. The van der Waals surface area contributed by atoms with E-state index in [-0.39, 0.29) is 0 Å². The summed E-state index contributed by atoms with van der Waals surface area (Å²) in [6.45, 7) is 2.15. The average Bonchev–Trinajstić information content (AvgIpc) is 2.40. The second-order valence-electron chi connectivity index (χ2n) is 3.88. The second-order valence-corrected chi connectivity index (χ2v) is 5.30. The van der Waals surface area contributed by atoms with Crippen LogP contribution >= 0.6 is 31.9 Å². The first-order valence-corrected chi connectivity index (χ1v) is 7.69. The number of halogens is 2. The summed E-state index contributed by atoms with van der Waals surface area (Å²) in [5.41, 5.74) is 3.03. The van der Waals surface area contributed by atoms with E-state index in [2.05, 4.69) is 53.7 Å². The van der Waals surface area contributed by atoms with E-state index in [1.165, 1.54) is 0 Å². The zero-order valence-corrected chi connectivity index (χ0v) is 13.2. The summed E-state index contributed by atoms with van der Waals surface area (Å²) in [6.07, 6.45) is 5.66. The smallest absolute Gasteiger partial charge is 0.179 e. The molecule has 0 fully saturated rings. The normalized spacial score (nSPS) is 10.6. The minimum absolute atomic E-state index is 0.677. The highest BCUT2D eigenvalue weighted by molar-refractivity contribution is 9.10. The molecule has 0 spiro atoms. The summed E-state index contributed by atoms with van der Waals surface area (Å²) in [6, 6.07) is 3.83. The predicted molar refractivity (Wildman–Crippen MR) is 79.6 cm³/mol. The van der Waals surface area contributed by atoms with Crippen molar-refractivity contribution in [3.8, 4) is 11.5 Å². The fourth-order valence-corrected chi connectivity index (χ4v) is 2.57. The van der Waals surface area contributed by atoms with Crippen molar-refractivity contribution < 1.29 is 0 Å². The van der Waals surface area contributed by atoms with Crippen LogP contribution in [0.5, 0.6) is 0 Å². The van der Waals surface area contributed by atoms with Gasteiger partial charge in [-0.15, -0.1) is 0 Å². The number of hydrogen-bond acceptors (Lipinski definition) is 3. The van der Waals surface area contributed by atoms with Crippen LogP contribution in [0.2, 0.25) is 0 Å². The summed E-state index contributed by atoms with van der Waals surface area (Å²) in [7, 11) is 0. The van der Waals surface area contributed by atoms with Crippen molar-refractivity contribution in [2.75, 3.05) is 0 Å². The van der Waals surface area contributed by atoms with Gasteiger partial charge in [-0.25, -0.2) is 9.97 Å². The highest BCUT2D eigenvalue weighted by Gasteiger charge is 2.10. The molecule has 2 aromatic heterocycles. The van der Waals surface area contributed by atoms with Gasteiger partial charge in [0.2, 0.25) is 0 Å². The van der Waals surface area contributed by atoms with Crippen molar-refractivity contribution >= 4 is 31.9 Å². The zero-order valence-electron chi connectivity index (χ0n) is 10.0. The molecule has 0 saturated carbocycles. The van der Waals surface area contributed by atoms with Gasteiger partial charge in [0.1, 0.15) is 5.69 Å². The third kappa shape index (κ3) is 2.95. The van der Waals surface area contributed by atoms with Crippen molar-refractivity contribution in [2.45, 2.75) is 25.1 Å². The Hall–Kier alpha value is -0.810. The molecule has 0 radical (unpaired) electrons. The van der Waals surface area contributed by atoms with Crippen LogP contribution < -0.4 is 0 Å². The van der Waals surface area contributed by atoms with Crippen LogP contribution in [-0.4, -0.2) is 15.0 Å². The molecule has 2 aromatic rings. The van der Waals surface area contributed by atoms with Gasteiger partial charge in [0, 0.05) is 33.5 Å². The molecule has 0 atom stereocenters. The van der Waals surface area contributed by atoms with Gasteiger partial charge in [-0.1, -0.05) is 29.3 Å². The maximum atomic E-state index is 4.63. The lowest BCUT2D eigenvalue weighted by atomic mass is 10.1. The largest absolute Gasteiger partial charge is 0.252 e.